The van der Waals surface area contributed by atoms with Crippen molar-refractivity contribution in [1.82, 2.24) is 15.1 Å². The summed E-state index contributed by atoms with van der Waals surface area (Å²) in [5, 5.41) is 3.49. The maximum atomic E-state index is 6.11. The molecule has 0 aromatic heterocycles. The minimum absolute atomic E-state index is 0. The zero-order valence-corrected chi connectivity index (χ0v) is 20.8. The molecule has 1 aromatic carbocycles. The lowest BCUT2D eigenvalue weighted by Crippen LogP contribution is -2.48. The van der Waals surface area contributed by atoms with Crippen LogP contribution < -0.4 is 5.32 Å². The summed E-state index contributed by atoms with van der Waals surface area (Å²) in [4.78, 5) is 9.88. The van der Waals surface area contributed by atoms with Crippen LogP contribution >= 0.6 is 24.0 Å². The highest BCUT2D eigenvalue weighted by Gasteiger charge is 2.25. The highest BCUT2D eigenvalue weighted by molar-refractivity contribution is 14.0. The van der Waals surface area contributed by atoms with Crippen LogP contribution in [0.4, 0.5) is 0 Å². The number of nitrogens with zero attached hydrogens (tertiary/aromatic N) is 3. The van der Waals surface area contributed by atoms with E-state index in [9.17, 15) is 0 Å². The Morgan fingerprint density at radius 1 is 1.17 bits per heavy atom. The van der Waals surface area contributed by atoms with E-state index in [1.165, 1.54) is 55.6 Å². The lowest BCUT2D eigenvalue weighted by Gasteiger charge is -2.36. The zero-order chi connectivity index (χ0) is 19.8. The maximum absolute atomic E-state index is 6.11. The molecule has 2 aliphatic heterocycles. The average Bonchev–Trinajstić information content (AvgIpc) is 3.20. The third-order valence-electron chi connectivity index (χ3n) is 5.82. The van der Waals surface area contributed by atoms with Crippen LogP contribution in [0.5, 0.6) is 0 Å². The summed E-state index contributed by atoms with van der Waals surface area (Å²) < 4.78 is 6.11. The number of halogens is 1. The minimum Gasteiger partial charge on any atom is -0.370 e. The Morgan fingerprint density at radius 3 is 2.69 bits per heavy atom. The SMILES string of the molecule is CCNC(=NCCCCN1CCCC1)N1CCOC(c2ccc(C)cc2C)C1.I. The Bertz CT molecular complexity index is 646. The fraction of sp³-hybridized carbons (Fsp3) is 0.696. The number of hydrogen-bond acceptors (Lipinski definition) is 3. The molecule has 29 heavy (non-hydrogen) atoms. The first kappa shape index (κ1) is 24.4. The number of guanidine groups is 1. The molecule has 0 bridgehead atoms. The van der Waals surface area contributed by atoms with Crippen molar-refractivity contribution in [3.05, 3.63) is 34.9 Å². The summed E-state index contributed by atoms with van der Waals surface area (Å²) in [7, 11) is 0. The summed E-state index contributed by atoms with van der Waals surface area (Å²) in [6, 6.07) is 6.66. The summed E-state index contributed by atoms with van der Waals surface area (Å²) in [5.74, 6) is 1.04. The van der Waals surface area contributed by atoms with Gasteiger partial charge in [0.15, 0.2) is 5.96 Å². The predicted molar refractivity (Wildman–Crippen MR) is 132 cm³/mol. The Labute approximate surface area is 194 Å². The summed E-state index contributed by atoms with van der Waals surface area (Å²) >= 11 is 0. The van der Waals surface area contributed by atoms with Gasteiger partial charge in [-0.25, -0.2) is 0 Å². The largest absolute Gasteiger partial charge is 0.370 e. The Morgan fingerprint density at radius 2 is 1.97 bits per heavy atom. The van der Waals surface area contributed by atoms with Crippen LogP contribution in [0.3, 0.4) is 0 Å². The lowest BCUT2D eigenvalue weighted by molar-refractivity contribution is -0.00833. The van der Waals surface area contributed by atoms with Crippen LogP contribution in [0.2, 0.25) is 0 Å². The third kappa shape index (κ3) is 7.40. The van der Waals surface area contributed by atoms with Crippen LogP contribution in [-0.2, 0) is 4.74 Å². The molecule has 2 aliphatic rings. The smallest absolute Gasteiger partial charge is 0.194 e. The van der Waals surface area contributed by atoms with Gasteiger partial charge in [-0.2, -0.15) is 0 Å². The van der Waals surface area contributed by atoms with E-state index in [0.29, 0.717) is 0 Å². The van der Waals surface area contributed by atoms with E-state index in [1.807, 2.05) is 0 Å². The van der Waals surface area contributed by atoms with E-state index in [0.717, 1.165) is 45.2 Å². The molecule has 6 heteroatoms. The molecule has 2 heterocycles. The van der Waals surface area contributed by atoms with Gasteiger partial charge < -0.3 is 19.9 Å². The van der Waals surface area contributed by atoms with E-state index < -0.39 is 0 Å². The Kier molecular flexibility index (Phi) is 10.7. The van der Waals surface area contributed by atoms with Gasteiger partial charge in [0.1, 0.15) is 6.10 Å². The van der Waals surface area contributed by atoms with Gasteiger partial charge in [-0.1, -0.05) is 23.8 Å². The Hall–Kier alpha value is -0.860. The molecule has 0 spiro atoms. The average molecular weight is 514 g/mol. The summed E-state index contributed by atoms with van der Waals surface area (Å²) in [5.41, 5.74) is 3.92. The molecule has 2 saturated heterocycles. The molecule has 0 radical (unpaired) electrons. The van der Waals surface area contributed by atoms with Gasteiger partial charge >= 0.3 is 0 Å². The third-order valence-corrected chi connectivity index (χ3v) is 5.82. The van der Waals surface area contributed by atoms with Crippen molar-refractivity contribution in [3.8, 4) is 0 Å². The summed E-state index contributed by atoms with van der Waals surface area (Å²) in [6.45, 7) is 14.6. The number of benzene rings is 1. The van der Waals surface area contributed by atoms with Crippen molar-refractivity contribution in [2.24, 2.45) is 4.99 Å². The van der Waals surface area contributed by atoms with Crippen molar-refractivity contribution in [3.63, 3.8) is 0 Å². The van der Waals surface area contributed by atoms with Crippen molar-refractivity contribution in [2.45, 2.75) is 52.6 Å². The van der Waals surface area contributed by atoms with Crippen LogP contribution in [0, 0.1) is 13.8 Å². The van der Waals surface area contributed by atoms with Gasteiger partial charge in [0.05, 0.1) is 13.2 Å². The molecule has 5 nitrogen and oxygen atoms in total. The molecule has 0 aliphatic carbocycles. The number of aryl methyl sites for hydroxylation is 2. The van der Waals surface area contributed by atoms with Crippen molar-refractivity contribution in [1.29, 1.82) is 0 Å². The van der Waals surface area contributed by atoms with Gasteiger partial charge in [0.25, 0.3) is 0 Å². The number of likely N-dealkylation sites (tertiary alicyclic amines) is 1. The molecule has 164 valence electrons. The highest BCUT2D eigenvalue weighted by Crippen LogP contribution is 2.26. The second kappa shape index (κ2) is 12.7. The normalized spacial score (nSPS) is 20.6. The number of hydrogen-bond donors (Lipinski definition) is 1. The maximum Gasteiger partial charge on any atom is 0.194 e. The quantitative estimate of drug-likeness (QED) is 0.257. The van der Waals surface area contributed by atoms with Crippen molar-refractivity contribution < 1.29 is 4.74 Å². The molecule has 0 saturated carbocycles. The molecular weight excluding hydrogens is 475 g/mol. The monoisotopic (exact) mass is 514 g/mol. The van der Waals surface area contributed by atoms with E-state index >= 15 is 0 Å². The van der Waals surface area contributed by atoms with Crippen LogP contribution in [0.1, 0.15) is 55.4 Å². The van der Waals surface area contributed by atoms with Gasteiger partial charge in [0, 0.05) is 19.6 Å². The summed E-state index contributed by atoms with van der Waals surface area (Å²) in [6.07, 6.45) is 5.28. The van der Waals surface area contributed by atoms with Crippen molar-refractivity contribution in [2.75, 3.05) is 52.4 Å². The second-order valence-corrected chi connectivity index (χ2v) is 8.16. The van der Waals surface area contributed by atoms with E-state index in [1.54, 1.807) is 0 Å². The minimum atomic E-state index is 0. The van der Waals surface area contributed by atoms with Gasteiger partial charge in [0.2, 0.25) is 0 Å². The molecule has 0 amide bonds. The van der Waals surface area contributed by atoms with E-state index in [-0.39, 0.29) is 30.1 Å². The fourth-order valence-electron chi connectivity index (χ4n) is 4.28. The number of rotatable bonds is 7. The lowest BCUT2D eigenvalue weighted by atomic mass is 10.00. The zero-order valence-electron chi connectivity index (χ0n) is 18.5. The first-order valence-corrected chi connectivity index (χ1v) is 11.1. The number of nitrogens with one attached hydrogen (secondary N) is 1. The molecule has 3 rings (SSSR count). The van der Waals surface area contributed by atoms with Crippen LogP contribution in [0.25, 0.3) is 0 Å². The second-order valence-electron chi connectivity index (χ2n) is 8.16. The first-order valence-electron chi connectivity index (χ1n) is 11.1. The molecule has 1 atom stereocenters. The highest BCUT2D eigenvalue weighted by atomic mass is 127. The molecule has 1 N–H and O–H groups in total. The fourth-order valence-corrected chi connectivity index (χ4v) is 4.28. The number of ether oxygens (including phenoxy) is 1. The van der Waals surface area contributed by atoms with Gasteiger partial charge in [-0.15, -0.1) is 24.0 Å². The molecule has 1 aromatic rings. The van der Waals surface area contributed by atoms with Gasteiger partial charge in [-0.3, -0.25) is 4.99 Å². The predicted octanol–water partition coefficient (Wildman–Crippen LogP) is 4.14. The number of morpholine rings is 1. The van der Waals surface area contributed by atoms with Crippen LogP contribution in [-0.4, -0.2) is 68.2 Å². The molecule has 2 fully saturated rings. The van der Waals surface area contributed by atoms with E-state index in [4.69, 9.17) is 9.73 Å². The number of aliphatic imine (C=N–C) groups is 1. The van der Waals surface area contributed by atoms with Gasteiger partial charge in [-0.05, 0) is 77.2 Å². The topological polar surface area (TPSA) is 40.1 Å². The standard InChI is InChI=1S/C23H38N4O.HI/c1-4-24-23(25-11-5-6-12-26-13-7-8-14-26)27-15-16-28-22(18-27)21-10-9-19(2)17-20(21)3;/h9-10,17,22H,4-8,11-16,18H2,1-3H3,(H,24,25);1H. The van der Waals surface area contributed by atoms with E-state index in [2.05, 4.69) is 54.1 Å². The molecule has 1 unspecified atom stereocenters. The molecular formula is C23H39IN4O. The van der Waals surface area contributed by atoms with Crippen molar-refractivity contribution >= 4 is 29.9 Å². The van der Waals surface area contributed by atoms with Crippen LogP contribution in [0.15, 0.2) is 23.2 Å². The first-order chi connectivity index (χ1) is 13.7. The number of unbranched alkanes of at least 4 members (excludes halogenated alkanes) is 1. The Balaban J connectivity index is 0.00000300.